The van der Waals surface area contributed by atoms with Crippen LogP contribution in [0.2, 0.25) is 0 Å². The molecule has 8 nitrogen and oxygen atoms in total. The van der Waals surface area contributed by atoms with Crippen molar-refractivity contribution in [3.05, 3.63) is 59.7 Å². The molecule has 2 aromatic carbocycles. The first kappa shape index (κ1) is 31.4. The Kier molecular flexibility index (Phi) is 14.2. The van der Waals surface area contributed by atoms with Crippen LogP contribution in [0.5, 0.6) is 11.5 Å². The molecule has 8 heteroatoms. The van der Waals surface area contributed by atoms with Gasteiger partial charge in [0.25, 0.3) is 0 Å². The lowest BCUT2D eigenvalue weighted by molar-refractivity contribution is -0.137. The largest absolute Gasteiger partial charge is 0.494 e. The van der Waals surface area contributed by atoms with Crippen molar-refractivity contribution in [2.45, 2.75) is 64.7 Å². The fourth-order valence-electron chi connectivity index (χ4n) is 3.74. The molecule has 0 bridgehead atoms. The van der Waals surface area contributed by atoms with E-state index in [4.69, 9.17) is 14.6 Å². The Morgan fingerprint density at radius 2 is 1.69 bits per heavy atom. The van der Waals surface area contributed by atoms with Gasteiger partial charge in [0.05, 0.1) is 13.2 Å². The van der Waals surface area contributed by atoms with Crippen LogP contribution >= 0.6 is 0 Å². The Hall–Kier alpha value is -3.81. The van der Waals surface area contributed by atoms with Crippen LogP contribution in [0, 0.1) is 0 Å². The average Bonchev–Trinajstić information content (AvgIpc) is 2.91. The molecule has 0 fully saturated rings. The molecule has 0 unspecified atom stereocenters. The van der Waals surface area contributed by atoms with Crippen LogP contribution in [0.4, 0.5) is 5.69 Å². The maximum Gasteiger partial charge on any atom is 0.303 e. The maximum atomic E-state index is 12.3. The Labute approximate surface area is 232 Å². The summed E-state index contributed by atoms with van der Waals surface area (Å²) in [4.78, 5) is 36.6. The molecule has 0 radical (unpaired) electrons. The fraction of sp³-hybridized carbons (Fsp3) is 0.452. The van der Waals surface area contributed by atoms with E-state index >= 15 is 0 Å². The molecule has 39 heavy (non-hydrogen) atoms. The molecule has 0 spiro atoms. The number of allylic oxidation sites excluding steroid dienone is 1. The van der Waals surface area contributed by atoms with Gasteiger partial charge >= 0.3 is 5.97 Å². The number of nitrogens with zero attached hydrogens (tertiary/aromatic N) is 1. The summed E-state index contributed by atoms with van der Waals surface area (Å²) in [5.41, 5.74) is 2.46. The van der Waals surface area contributed by atoms with E-state index in [1.165, 1.54) is 4.90 Å². The van der Waals surface area contributed by atoms with Crippen LogP contribution in [0.1, 0.15) is 69.4 Å². The van der Waals surface area contributed by atoms with E-state index in [2.05, 4.69) is 24.4 Å². The molecule has 212 valence electrons. The summed E-state index contributed by atoms with van der Waals surface area (Å²) in [5.74, 6) is 0.424. The number of aliphatic carboxylic acids is 1. The molecule has 0 aliphatic heterocycles. The highest BCUT2D eigenvalue weighted by Gasteiger charge is 2.11. The third-order valence-electron chi connectivity index (χ3n) is 5.93. The fourth-order valence-corrected chi connectivity index (χ4v) is 3.74. The summed E-state index contributed by atoms with van der Waals surface area (Å²) in [7, 11) is 3.38. The first-order chi connectivity index (χ1) is 18.8. The predicted molar refractivity (Wildman–Crippen MR) is 154 cm³/mol. The molecular formula is C31H42N2O6. The molecule has 2 amide bonds. The zero-order valence-electron chi connectivity index (χ0n) is 23.4. The van der Waals surface area contributed by atoms with E-state index in [9.17, 15) is 14.4 Å². The van der Waals surface area contributed by atoms with Crippen LogP contribution in [-0.4, -0.2) is 55.1 Å². The zero-order chi connectivity index (χ0) is 28.5. The number of benzene rings is 2. The van der Waals surface area contributed by atoms with E-state index in [0.29, 0.717) is 37.3 Å². The van der Waals surface area contributed by atoms with Crippen molar-refractivity contribution in [1.29, 1.82) is 0 Å². The van der Waals surface area contributed by atoms with Gasteiger partial charge in [0.1, 0.15) is 11.5 Å². The van der Waals surface area contributed by atoms with E-state index in [1.807, 2.05) is 24.3 Å². The van der Waals surface area contributed by atoms with Gasteiger partial charge in [-0.05, 0) is 80.0 Å². The molecule has 0 heterocycles. The van der Waals surface area contributed by atoms with Gasteiger partial charge in [-0.25, -0.2) is 0 Å². The van der Waals surface area contributed by atoms with Gasteiger partial charge in [-0.3, -0.25) is 14.4 Å². The Bertz CT molecular complexity index is 1080. The highest BCUT2D eigenvalue weighted by molar-refractivity contribution is 5.91. The Morgan fingerprint density at radius 3 is 2.38 bits per heavy atom. The summed E-state index contributed by atoms with van der Waals surface area (Å²) in [6.45, 7) is 3.32. The van der Waals surface area contributed by atoms with Gasteiger partial charge in [-0.1, -0.05) is 31.2 Å². The summed E-state index contributed by atoms with van der Waals surface area (Å²) in [5, 5.41) is 12.0. The van der Waals surface area contributed by atoms with Crippen LogP contribution in [0.25, 0.3) is 6.08 Å². The number of anilines is 1. The number of carbonyl (C=O) groups excluding carboxylic acids is 2. The third-order valence-corrected chi connectivity index (χ3v) is 5.93. The number of nitrogens with one attached hydrogen (secondary N) is 1. The second-order valence-electron chi connectivity index (χ2n) is 9.57. The lowest BCUT2D eigenvalue weighted by Gasteiger charge is -2.14. The van der Waals surface area contributed by atoms with E-state index in [-0.39, 0.29) is 24.7 Å². The molecule has 2 rings (SSSR count). The number of unbranched alkanes of at least 4 members (excludes halogenated alkanes) is 2. The first-order valence-corrected chi connectivity index (χ1v) is 13.7. The molecule has 0 atom stereocenters. The molecule has 2 N–H and O–H groups in total. The lowest BCUT2D eigenvalue weighted by Crippen LogP contribution is -2.21. The van der Waals surface area contributed by atoms with Gasteiger partial charge in [0.15, 0.2) is 0 Å². The molecular weight excluding hydrogens is 496 g/mol. The van der Waals surface area contributed by atoms with Crippen LogP contribution in [0.3, 0.4) is 0 Å². The van der Waals surface area contributed by atoms with Crippen LogP contribution in [0.15, 0.2) is 48.5 Å². The first-order valence-electron chi connectivity index (χ1n) is 13.7. The lowest BCUT2D eigenvalue weighted by atomic mass is 10.1. The maximum absolute atomic E-state index is 12.3. The van der Waals surface area contributed by atoms with Crippen molar-refractivity contribution >= 4 is 29.5 Å². The average molecular weight is 539 g/mol. The normalized spacial score (nSPS) is 10.8. The number of carboxylic acids is 1. The Balaban J connectivity index is 1.80. The monoisotopic (exact) mass is 538 g/mol. The summed E-state index contributed by atoms with van der Waals surface area (Å²) in [6, 6.07) is 13.3. The molecule has 0 saturated carbocycles. The van der Waals surface area contributed by atoms with Gasteiger partial charge in [-0.15, -0.1) is 0 Å². The number of hydrogen-bond donors (Lipinski definition) is 2. The quantitative estimate of drug-likeness (QED) is 0.227. The number of ether oxygens (including phenoxy) is 2. The highest BCUT2D eigenvalue weighted by atomic mass is 16.5. The van der Waals surface area contributed by atoms with Crippen molar-refractivity contribution in [2.75, 3.05) is 32.6 Å². The molecule has 0 aromatic heterocycles. The van der Waals surface area contributed by atoms with Crippen molar-refractivity contribution in [2.24, 2.45) is 0 Å². The third kappa shape index (κ3) is 13.0. The van der Waals surface area contributed by atoms with Crippen molar-refractivity contribution in [3.8, 4) is 11.5 Å². The minimum atomic E-state index is -0.893. The van der Waals surface area contributed by atoms with Gasteiger partial charge in [0, 0.05) is 39.0 Å². The van der Waals surface area contributed by atoms with Crippen molar-refractivity contribution < 1.29 is 29.0 Å². The molecule has 0 aliphatic carbocycles. The second kappa shape index (κ2) is 17.7. The highest BCUT2D eigenvalue weighted by Crippen LogP contribution is 2.25. The molecule has 2 aromatic rings. The summed E-state index contributed by atoms with van der Waals surface area (Å²) in [6.07, 6.45) is 9.26. The SMILES string of the molecule is CCCOc1ccc(/C=C/CCCCOc2ccc(NC(=O)CCCC(=O)N(C)C)cc2CCC(=O)O)cc1. The standard InChI is InChI=1S/C31H42N2O6/c1-4-21-38-27-17-13-24(14-18-27)10-7-5-6-8-22-39-28-19-16-26(23-25(28)15-20-31(36)37)32-29(34)11-9-12-30(35)33(2)3/h7,10,13-14,16-19,23H,4-6,8-9,11-12,15,20-22H2,1-3H3,(H,32,34)(H,36,37)/b10-7+. The van der Waals surface area contributed by atoms with Gasteiger partial charge < -0.3 is 24.8 Å². The minimum absolute atomic E-state index is 0.0146. The number of carbonyl (C=O) groups is 3. The van der Waals surface area contributed by atoms with Gasteiger partial charge in [0.2, 0.25) is 11.8 Å². The predicted octanol–water partition coefficient (Wildman–Crippen LogP) is 5.95. The van der Waals surface area contributed by atoms with Crippen molar-refractivity contribution in [3.63, 3.8) is 0 Å². The summed E-state index contributed by atoms with van der Waals surface area (Å²) >= 11 is 0. The Morgan fingerprint density at radius 1 is 0.923 bits per heavy atom. The topological polar surface area (TPSA) is 105 Å². The number of amides is 2. The molecule has 0 aliphatic rings. The zero-order valence-corrected chi connectivity index (χ0v) is 23.4. The minimum Gasteiger partial charge on any atom is -0.494 e. The number of rotatable bonds is 18. The molecule has 0 saturated heterocycles. The number of carboxylic acid groups (broad SMARTS) is 1. The number of aryl methyl sites for hydroxylation is 1. The van der Waals surface area contributed by atoms with Crippen LogP contribution in [-0.2, 0) is 20.8 Å². The second-order valence-corrected chi connectivity index (χ2v) is 9.57. The van der Waals surface area contributed by atoms with E-state index < -0.39 is 5.97 Å². The van der Waals surface area contributed by atoms with E-state index in [0.717, 1.165) is 49.2 Å². The number of hydrogen-bond acceptors (Lipinski definition) is 5. The van der Waals surface area contributed by atoms with Gasteiger partial charge in [-0.2, -0.15) is 0 Å². The van der Waals surface area contributed by atoms with Crippen LogP contribution < -0.4 is 14.8 Å². The summed E-state index contributed by atoms with van der Waals surface area (Å²) < 4.78 is 11.6. The van der Waals surface area contributed by atoms with E-state index in [1.54, 1.807) is 32.3 Å². The smallest absolute Gasteiger partial charge is 0.303 e. The van der Waals surface area contributed by atoms with Crippen molar-refractivity contribution in [1.82, 2.24) is 4.90 Å².